The molecule has 0 bridgehead atoms. The van der Waals surface area contributed by atoms with Crippen molar-refractivity contribution in [1.82, 2.24) is 4.31 Å². The van der Waals surface area contributed by atoms with Crippen LogP contribution in [0.1, 0.15) is 124 Å². The molecule has 1 aromatic rings. The van der Waals surface area contributed by atoms with Crippen molar-refractivity contribution in [3.05, 3.63) is 24.3 Å². The molecule has 0 atom stereocenters. The fourth-order valence-electron chi connectivity index (χ4n) is 4.60. The monoisotopic (exact) mass is 524 g/mol. The summed E-state index contributed by atoms with van der Waals surface area (Å²) in [6, 6.07) is 6.29. The van der Waals surface area contributed by atoms with Crippen LogP contribution < -0.4 is 4.90 Å². The second kappa shape index (κ2) is 19.5. The Morgan fingerprint density at radius 1 is 0.639 bits per heavy atom. The van der Waals surface area contributed by atoms with Crippen molar-refractivity contribution < 1.29 is 18.3 Å². The van der Waals surface area contributed by atoms with Crippen molar-refractivity contribution >= 4 is 21.8 Å². The average Bonchev–Trinajstić information content (AvgIpc) is 2.86. The standard InChI is InChI=1S/C29H52N2O4S/c1-4-7-8-9-10-11-12-13-14-15-16-17-18-19-26-31(29(32)33)27-20-22-28(23-21-27)36(34,35)30(24-5-2)25-6-3/h20-23H,4-19,24-26H2,1-3H3,(H,32,33). The lowest BCUT2D eigenvalue weighted by Gasteiger charge is -2.22. The first-order valence-corrected chi connectivity index (χ1v) is 15.9. The Labute approximate surface area is 221 Å². The average molecular weight is 525 g/mol. The summed E-state index contributed by atoms with van der Waals surface area (Å²) in [6.07, 6.45) is 18.1. The summed E-state index contributed by atoms with van der Waals surface area (Å²) in [6.45, 7) is 7.58. The van der Waals surface area contributed by atoms with Crippen LogP contribution in [0.15, 0.2) is 29.2 Å². The maximum Gasteiger partial charge on any atom is 0.411 e. The number of benzene rings is 1. The van der Waals surface area contributed by atoms with E-state index in [0.717, 1.165) is 32.1 Å². The second-order valence-electron chi connectivity index (χ2n) is 9.93. The van der Waals surface area contributed by atoms with Crippen molar-refractivity contribution in [3.63, 3.8) is 0 Å². The quantitative estimate of drug-likeness (QED) is 0.154. The van der Waals surface area contributed by atoms with Crippen molar-refractivity contribution in [1.29, 1.82) is 0 Å². The molecule has 1 N–H and O–H groups in total. The van der Waals surface area contributed by atoms with Gasteiger partial charge in [0.25, 0.3) is 0 Å². The minimum absolute atomic E-state index is 0.218. The van der Waals surface area contributed by atoms with E-state index in [0.29, 0.717) is 25.3 Å². The molecule has 0 saturated carbocycles. The molecular weight excluding hydrogens is 472 g/mol. The predicted octanol–water partition coefficient (Wildman–Crippen LogP) is 8.46. The Balaban J connectivity index is 2.36. The Morgan fingerprint density at radius 2 is 1.06 bits per heavy atom. The van der Waals surface area contributed by atoms with Crippen LogP contribution in [-0.2, 0) is 10.0 Å². The summed E-state index contributed by atoms with van der Waals surface area (Å²) in [4.78, 5) is 13.4. The Hall–Kier alpha value is -1.60. The highest BCUT2D eigenvalue weighted by Gasteiger charge is 2.23. The molecule has 1 rings (SSSR count). The van der Waals surface area contributed by atoms with Crippen LogP contribution >= 0.6 is 0 Å². The number of amides is 1. The van der Waals surface area contributed by atoms with Gasteiger partial charge in [0.05, 0.1) is 4.90 Å². The van der Waals surface area contributed by atoms with E-state index in [4.69, 9.17) is 0 Å². The topological polar surface area (TPSA) is 77.9 Å². The number of anilines is 1. The number of hydrogen-bond donors (Lipinski definition) is 1. The van der Waals surface area contributed by atoms with Gasteiger partial charge in [-0.25, -0.2) is 13.2 Å². The first kappa shape index (κ1) is 32.4. The molecule has 0 aromatic heterocycles. The van der Waals surface area contributed by atoms with Crippen molar-refractivity contribution in [2.45, 2.75) is 128 Å². The Bertz CT molecular complexity index is 790. The van der Waals surface area contributed by atoms with E-state index < -0.39 is 16.1 Å². The van der Waals surface area contributed by atoms with Crippen molar-refractivity contribution in [2.24, 2.45) is 0 Å². The molecule has 6 nitrogen and oxygen atoms in total. The first-order valence-electron chi connectivity index (χ1n) is 14.5. The van der Waals surface area contributed by atoms with E-state index >= 15 is 0 Å². The molecule has 0 heterocycles. The van der Waals surface area contributed by atoms with Crippen LogP contribution in [0.2, 0.25) is 0 Å². The van der Waals surface area contributed by atoms with E-state index in [-0.39, 0.29) is 4.90 Å². The van der Waals surface area contributed by atoms with E-state index in [1.807, 2.05) is 13.8 Å². The van der Waals surface area contributed by atoms with Gasteiger partial charge in [-0.2, -0.15) is 4.31 Å². The van der Waals surface area contributed by atoms with Gasteiger partial charge in [0.1, 0.15) is 0 Å². The summed E-state index contributed by atoms with van der Waals surface area (Å²) in [5, 5.41) is 9.69. The van der Waals surface area contributed by atoms with Gasteiger partial charge in [0, 0.05) is 25.3 Å². The zero-order chi connectivity index (χ0) is 26.7. The van der Waals surface area contributed by atoms with Gasteiger partial charge in [-0.15, -0.1) is 0 Å². The lowest BCUT2D eigenvalue weighted by molar-refractivity contribution is 0.201. The Morgan fingerprint density at radius 3 is 1.44 bits per heavy atom. The van der Waals surface area contributed by atoms with E-state index in [2.05, 4.69) is 6.92 Å². The van der Waals surface area contributed by atoms with Crippen LogP contribution in [0, 0.1) is 0 Å². The summed E-state index contributed by atoms with van der Waals surface area (Å²) in [7, 11) is -3.56. The van der Waals surface area contributed by atoms with Gasteiger partial charge >= 0.3 is 6.09 Å². The maximum absolute atomic E-state index is 12.9. The molecule has 7 heteroatoms. The molecule has 0 aliphatic carbocycles. The number of unbranched alkanes of at least 4 members (excludes halogenated alkanes) is 13. The summed E-state index contributed by atoms with van der Waals surface area (Å²) >= 11 is 0. The number of carbonyl (C=O) groups is 1. The van der Waals surface area contributed by atoms with Crippen LogP contribution in [0.3, 0.4) is 0 Å². The van der Waals surface area contributed by atoms with Crippen molar-refractivity contribution in [3.8, 4) is 0 Å². The summed E-state index contributed by atoms with van der Waals surface area (Å²) in [5.74, 6) is 0. The highest BCUT2D eigenvalue weighted by Crippen LogP contribution is 2.22. The zero-order valence-electron chi connectivity index (χ0n) is 23.2. The summed E-state index contributed by atoms with van der Waals surface area (Å²) in [5.41, 5.74) is 0.522. The molecule has 1 aromatic carbocycles. The Kier molecular flexibility index (Phi) is 17.6. The molecule has 0 saturated heterocycles. The molecule has 0 unspecified atom stereocenters. The molecule has 208 valence electrons. The maximum atomic E-state index is 12.9. The summed E-state index contributed by atoms with van der Waals surface area (Å²) < 4.78 is 27.4. The minimum atomic E-state index is -3.56. The fourth-order valence-corrected chi connectivity index (χ4v) is 6.22. The number of nitrogens with zero attached hydrogens (tertiary/aromatic N) is 2. The SMILES string of the molecule is CCCCCCCCCCCCCCCCN(C(=O)O)c1ccc(S(=O)(=O)N(CCC)CCC)cc1. The van der Waals surface area contributed by atoms with Gasteiger partial charge in [0.15, 0.2) is 0 Å². The third-order valence-electron chi connectivity index (χ3n) is 6.70. The van der Waals surface area contributed by atoms with Gasteiger partial charge in [-0.05, 0) is 43.5 Å². The zero-order valence-corrected chi connectivity index (χ0v) is 24.0. The number of carboxylic acid groups (broad SMARTS) is 1. The molecule has 0 radical (unpaired) electrons. The van der Waals surface area contributed by atoms with Crippen LogP contribution in [-0.4, -0.2) is 43.6 Å². The highest BCUT2D eigenvalue weighted by molar-refractivity contribution is 7.89. The lowest BCUT2D eigenvalue weighted by Crippen LogP contribution is -2.33. The smallest absolute Gasteiger partial charge is 0.411 e. The second-order valence-corrected chi connectivity index (χ2v) is 11.9. The fraction of sp³-hybridized carbons (Fsp3) is 0.759. The van der Waals surface area contributed by atoms with Gasteiger partial charge < -0.3 is 5.11 Å². The first-order chi connectivity index (χ1) is 17.4. The van der Waals surface area contributed by atoms with Gasteiger partial charge in [-0.1, -0.05) is 104 Å². The lowest BCUT2D eigenvalue weighted by atomic mass is 10.0. The van der Waals surface area contributed by atoms with Crippen molar-refractivity contribution in [2.75, 3.05) is 24.5 Å². The van der Waals surface area contributed by atoms with E-state index in [1.54, 1.807) is 12.1 Å². The molecule has 1 amide bonds. The van der Waals surface area contributed by atoms with Crippen LogP contribution in [0.4, 0.5) is 10.5 Å². The third kappa shape index (κ3) is 12.6. The third-order valence-corrected chi connectivity index (χ3v) is 8.61. The molecule has 0 aliphatic rings. The predicted molar refractivity (Wildman–Crippen MR) is 151 cm³/mol. The molecule has 0 spiro atoms. The number of rotatable bonds is 22. The number of sulfonamides is 1. The van der Waals surface area contributed by atoms with Crippen LogP contribution in [0.25, 0.3) is 0 Å². The molecule has 0 aliphatic heterocycles. The minimum Gasteiger partial charge on any atom is -0.465 e. The normalized spacial score (nSPS) is 11.8. The van der Waals surface area contributed by atoms with Gasteiger partial charge in [0.2, 0.25) is 10.0 Å². The van der Waals surface area contributed by atoms with Crippen LogP contribution in [0.5, 0.6) is 0 Å². The van der Waals surface area contributed by atoms with E-state index in [1.165, 1.54) is 92.0 Å². The molecule has 0 fully saturated rings. The molecule has 36 heavy (non-hydrogen) atoms. The van der Waals surface area contributed by atoms with E-state index in [9.17, 15) is 18.3 Å². The largest absolute Gasteiger partial charge is 0.465 e. The van der Waals surface area contributed by atoms with Gasteiger partial charge in [-0.3, -0.25) is 4.90 Å². The molecular formula is C29H52N2O4S. The highest BCUT2D eigenvalue weighted by atomic mass is 32.2. The number of hydrogen-bond acceptors (Lipinski definition) is 3.